The second kappa shape index (κ2) is 7.31. The van der Waals surface area contributed by atoms with Crippen molar-refractivity contribution in [2.75, 3.05) is 5.32 Å². The van der Waals surface area contributed by atoms with Crippen LogP contribution in [-0.4, -0.2) is 10.9 Å². The van der Waals surface area contributed by atoms with Gasteiger partial charge in [-0.3, -0.25) is 4.79 Å². The molecule has 23 heavy (non-hydrogen) atoms. The molecule has 0 fully saturated rings. The van der Waals surface area contributed by atoms with Gasteiger partial charge in [0.15, 0.2) is 0 Å². The Kier molecular flexibility index (Phi) is 4.95. The van der Waals surface area contributed by atoms with Crippen molar-refractivity contribution in [1.82, 2.24) is 4.98 Å². The second-order valence-corrected chi connectivity index (χ2v) is 6.24. The number of aromatic nitrogens is 1. The minimum absolute atomic E-state index is 0.213. The number of hydrogen-bond acceptors (Lipinski definition) is 3. The molecule has 0 saturated carbocycles. The molecule has 1 amide bonds. The maximum atomic E-state index is 12.3. The normalized spacial score (nSPS) is 10.3. The van der Waals surface area contributed by atoms with Crippen LogP contribution in [0.3, 0.4) is 0 Å². The fourth-order valence-electron chi connectivity index (χ4n) is 1.98. The van der Waals surface area contributed by atoms with E-state index in [0.717, 1.165) is 15.5 Å². The number of nitrogens with zero attached hydrogens (tertiary/aromatic N) is 1. The third-order valence-corrected chi connectivity index (χ3v) is 4.40. The zero-order valence-corrected chi connectivity index (χ0v) is 13.6. The lowest BCUT2D eigenvalue weighted by molar-refractivity contribution is 0.102. The molecule has 3 aromatic rings. The fourth-order valence-corrected chi connectivity index (χ4v) is 3.01. The first-order valence-electron chi connectivity index (χ1n) is 6.97. The van der Waals surface area contributed by atoms with Crippen LogP contribution in [0.1, 0.15) is 10.4 Å². The number of para-hydroxylation sites is 1. The van der Waals surface area contributed by atoms with Gasteiger partial charge < -0.3 is 5.32 Å². The lowest BCUT2D eigenvalue weighted by atomic mass is 10.2. The molecule has 2 aromatic carbocycles. The van der Waals surface area contributed by atoms with Crippen LogP contribution in [0.25, 0.3) is 0 Å². The van der Waals surface area contributed by atoms with Gasteiger partial charge in [0.05, 0.1) is 11.3 Å². The van der Waals surface area contributed by atoms with E-state index in [2.05, 4.69) is 10.3 Å². The van der Waals surface area contributed by atoms with E-state index >= 15 is 0 Å². The number of hydrogen-bond donors (Lipinski definition) is 1. The van der Waals surface area contributed by atoms with Crippen molar-refractivity contribution in [1.29, 1.82) is 0 Å². The zero-order chi connectivity index (χ0) is 16.1. The van der Waals surface area contributed by atoms with Gasteiger partial charge in [-0.15, -0.1) is 0 Å². The van der Waals surface area contributed by atoms with Crippen LogP contribution >= 0.6 is 23.4 Å². The van der Waals surface area contributed by atoms with E-state index in [-0.39, 0.29) is 5.91 Å². The molecule has 0 bridgehead atoms. The third kappa shape index (κ3) is 4.12. The third-order valence-electron chi connectivity index (χ3n) is 3.10. The predicted octanol–water partition coefficient (Wildman–Crippen LogP) is 5.14. The van der Waals surface area contributed by atoms with Crippen molar-refractivity contribution in [3.05, 3.63) is 83.6 Å². The SMILES string of the molecule is O=C(Nc1ccccc1Sc1ccccc1)c1ccc(Cl)nc1. The van der Waals surface area contributed by atoms with E-state index in [1.54, 1.807) is 23.9 Å². The molecule has 0 aliphatic carbocycles. The minimum Gasteiger partial charge on any atom is -0.321 e. The van der Waals surface area contributed by atoms with E-state index < -0.39 is 0 Å². The Bertz CT molecular complexity index is 807. The summed E-state index contributed by atoms with van der Waals surface area (Å²) in [6, 6.07) is 21.0. The lowest BCUT2D eigenvalue weighted by Crippen LogP contribution is -2.12. The Morgan fingerprint density at radius 1 is 0.957 bits per heavy atom. The average molecular weight is 341 g/mol. The lowest BCUT2D eigenvalue weighted by Gasteiger charge is -2.10. The quantitative estimate of drug-likeness (QED) is 0.669. The van der Waals surface area contributed by atoms with Gasteiger partial charge in [-0.05, 0) is 36.4 Å². The van der Waals surface area contributed by atoms with Crippen LogP contribution in [0.5, 0.6) is 0 Å². The largest absolute Gasteiger partial charge is 0.321 e. The van der Waals surface area contributed by atoms with Gasteiger partial charge in [0.2, 0.25) is 0 Å². The summed E-state index contributed by atoms with van der Waals surface area (Å²) in [6.45, 7) is 0. The Morgan fingerprint density at radius 3 is 2.43 bits per heavy atom. The van der Waals surface area contributed by atoms with E-state index in [4.69, 9.17) is 11.6 Å². The molecule has 0 spiro atoms. The summed E-state index contributed by atoms with van der Waals surface area (Å²) < 4.78 is 0. The van der Waals surface area contributed by atoms with Crippen molar-refractivity contribution < 1.29 is 4.79 Å². The smallest absolute Gasteiger partial charge is 0.257 e. The molecule has 1 heterocycles. The molecule has 0 aliphatic heterocycles. The topological polar surface area (TPSA) is 42.0 Å². The molecule has 1 N–H and O–H groups in total. The van der Waals surface area contributed by atoms with Gasteiger partial charge in [0, 0.05) is 16.0 Å². The van der Waals surface area contributed by atoms with Crippen LogP contribution in [0.4, 0.5) is 5.69 Å². The summed E-state index contributed by atoms with van der Waals surface area (Å²) in [7, 11) is 0. The monoisotopic (exact) mass is 340 g/mol. The number of carbonyl (C=O) groups is 1. The standard InChI is InChI=1S/C18H13ClN2OS/c19-17-11-10-13(12-20-17)18(22)21-15-8-4-5-9-16(15)23-14-6-2-1-3-7-14/h1-12H,(H,21,22). The molecule has 0 aliphatic rings. The molecule has 3 nitrogen and oxygen atoms in total. The average Bonchev–Trinajstić information content (AvgIpc) is 2.58. The summed E-state index contributed by atoms with van der Waals surface area (Å²) in [5.41, 5.74) is 1.23. The Hall–Kier alpha value is -2.30. The number of carbonyl (C=O) groups excluding carboxylic acids is 1. The Morgan fingerprint density at radius 2 is 1.70 bits per heavy atom. The van der Waals surface area contributed by atoms with Crippen molar-refractivity contribution in [2.24, 2.45) is 0 Å². The van der Waals surface area contributed by atoms with E-state index in [9.17, 15) is 4.79 Å². The fraction of sp³-hybridized carbons (Fsp3) is 0. The molecule has 0 saturated heterocycles. The zero-order valence-electron chi connectivity index (χ0n) is 12.1. The van der Waals surface area contributed by atoms with Gasteiger partial charge in [-0.1, -0.05) is 53.7 Å². The van der Waals surface area contributed by atoms with Gasteiger partial charge in [0.25, 0.3) is 5.91 Å². The van der Waals surface area contributed by atoms with Gasteiger partial charge in [-0.2, -0.15) is 0 Å². The predicted molar refractivity (Wildman–Crippen MR) is 94.2 cm³/mol. The number of benzene rings is 2. The number of amides is 1. The van der Waals surface area contributed by atoms with Gasteiger partial charge in [0.1, 0.15) is 5.15 Å². The Labute approximate surface area is 143 Å². The molecule has 0 unspecified atom stereocenters. The molecule has 114 valence electrons. The highest BCUT2D eigenvalue weighted by Crippen LogP contribution is 2.33. The molecule has 0 atom stereocenters. The number of halogens is 1. The number of anilines is 1. The van der Waals surface area contributed by atoms with Crippen molar-refractivity contribution in [3.8, 4) is 0 Å². The molecule has 5 heteroatoms. The first kappa shape index (κ1) is 15.6. The van der Waals surface area contributed by atoms with Crippen molar-refractivity contribution in [3.63, 3.8) is 0 Å². The molecule has 0 radical (unpaired) electrons. The molecule has 1 aromatic heterocycles. The van der Waals surface area contributed by atoms with E-state index in [1.807, 2.05) is 54.6 Å². The summed E-state index contributed by atoms with van der Waals surface area (Å²) >= 11 is 7.35. The summed E-state index contributed by atoms with van der Waals surface area (Å²) in [6.07, 6.45) is 1.46. The summed E-state index contributed by atoms with van der Waals surface area (Å²) in [4.78, 5) is 18.4. The van der Waals surface area contributed by atoms with Crippen molar-refractivity contribution >= 4 is 35.0 Å². The second-order valence-electron chi connectivity index (χ2n) is 4.73. The highest BCUT2D eigenvalue weighted by molar-refractivity contribution is 7.99. The van der Waals surface area contributed by atoms with Gasteiger partial charge >= 0.3 is 0 Å². The Balaban J connectivity index is 1.80. The first-order chi connectivity index (χ1) is 11.2. The molecular weight excluding hydrogens is 328 g/mol. The number of rotatable bonds is 4. The highest BCUT2D eigenvalue weighted by Gasteiger charge is 2.10. The number of pyridine rings is 1. The summed E-state index contributed by atoms with van der Waals surface area (Å²) in [5, 5.41) is 3.29. The van der Waals surface area contributed by atoms with Crippen LogP contribution in [0.15, 0.2) is 82.7 Å². The maximum Gasteiger partial charge on any atom is 0.257 e. The molecular formula is C18H13ClN2OS. The highest BCUT2D eigenvalue weighted by atomic mass is 35.5. The van der Waals surface area contributed by atoms with E-state index in [0.29, 0.717) is 10.7 Å². The van der Waals surface area contributed by atoms with E-state index in [1.165, 1.54) is 6.20 Å². The van der Waals surface area contributed by atoms with Crippen LogP contribution < -0.4 is 5.32 Å². The molecule has 3 rings (SSSR count). The summed E-state index contributed by atoms with van der Waals surface area (Å²) in [5.74, 6) is -0.213. The first-order valence-corrected chi connectivity index (χ1v) is 8.17. The van der Waals surface area contributed by atoms with Crippen LogP contribution in [0.2, 0.25) is 5.15 Å². The van der Waals surface area contributed by atoms with Gasteiger partial charge in [-0.25, -0.2) is 4.98 Å². The minimum atomic E-state index is -0.213. The number of nitrogens with one attached hydrogen (secondary N) is 1. The maximum absolute atomic E-state index is 12.3. The van der Waals surface area contributed by atoms with Crippen LogP contribution in [-0.2, 0) is 0 Å². The van der Waals surface area contributed by atoms with Crippen LogP contribution in [0, 0.1) is 0 Å². The van der Waals surface area contributed by atoms with Crippen molar-refractivity contribution in [2.45, 2.75) is 9.79 Å².